The fraction of sp³-hybridized carbons (Fsp3) is 0.880. The Morgan fingerprint density at radius 2 is 1.79 bits per heavy atom. The molecule has 1 aliphatic heterocycles. The monoisotopic (exact) mass is 406 g/mol. The van der Waals surface area contributed by atoms with Gasteiger partial charge in [-0.3, -0.25) is 0 Å². The minimum absolute atomic E-state index is 0.153. The van der Waals surface area contributed by atoms with Crippen LogP contribution in [-0.2, 0) is 9.53 Å². The highest BCUT2D eigenvalue weighted by molar-refractivity contribution is 5.85. The Labute approximate surface area is 177 Å². The van der Waals surface area contributed by atoms with Crippen molar-refractivity contribution >= 4 is 5.97 Å². The summed E-state index contributed by atoms with van der Waals surface area (Å²) >= 11 is 0. The number of hydrogen-bond acceptors (Lipinski definition) is 4. The van der Waals surface area contributed by atoms with Crippen LogP contribution in [0.4, 0.5) is 0 Å². The Kier molecular flexibility index (Phi) is 7.15. The Hall–Kier alpha value is -0.870. The standard InChI is InChI=1S/C25H42O4/c1-17-6-5-7-19(8-9-20-15-21(26)10-12-24(20,2)3)25(4,28)13-11-22(17)18-14-23(27)29-16-18/h14,17,19-22,26,28H,5-13,15-16H2,1-4H3/t17-,19?,20+,21+,22?,25-/m0/s1. The van der Waals surface area contributed by atoms with Crippen LogP contribution in [0.2, 0.25) is 0 Å². The zero-order valence-corrected chi connectivity index (χ0v) is 19.0. The second-order valence-electron chi connectivity index (χ2n) is 11.1. The quantitative estimate of drug-likeness (QED) is 0.643. The average Bonchev–Trinajstić information content (AvgIpc) is 3.07. The van der Waals surface area contributed by atoms with Crippen LogP contribution in [0.25, 0.3) is 0 Å². The van der Waals surface area contributed by atoms with E-state index in [9.17, 15) is 15.0 Å². The molecule has 4 heteroatoms. The highest BCUT2D eigenvalue weighted by Crippen LogP contribution is 2.46. The van der Waals surface area contributed by atoms with Gasteiger partial charge < -0.3 is 14.9 Å². The summed E-state index contributed by atoms with van der Waals surface area (Å²) in [6.07, 6.45) is 11.6. The summed E-state index contributed by atoms with van der Waals surface area (Å²) in [5.74, 6) is 1.47. The summed E-state index contributed by atoms with van der Waals surface area (Å²) in [6, 6.07) is 0. The molecule has 6 atom stereocenters. The van der Waals surface area contributed by atoms with Crippen LogP contribution in [0.5, 0.6) is 0 Å². The first-order valence-electron chi connectivity index (χ1n) is 11.9. The summed E-state index contributed by atoms with van der Waals surface area (Å²) in [6.45, 7) is 9.43. The summed E-state index contributed by atoms with van der Waals surface area (Å²) in [5, 5.41) is 21.6. The lowest BCUT2D eigenvalue weighted by Gasteiger charge is -2.42. The SMILES string of the molecule is C[C@H]1CCCC(CC[C@@H]2C[C@H](O)CCC2(C)C)[C@@](C)(O)CCC1C1=CC(=O)OC1. The minimum atomic E-state index is -0.677. The maximum Gasteiger partial charge on any atom is 0.331 e. The third kappa shape index (κ3) is 5.64. The van der Waals surface area contributed by atoms with E-state index in [-0.39, 0.29) is 17.5 Å². The molecule has 0 spiro atoms. The van der Waals surface area contributed by atoms with Gasteiger partial charge in [0.05, 0.1) is 11.7 Å². The molecule has 4 nitrogen and oxygen atoms in total. The zero-order valence-electron chi connectivity index (χ0n) is 19.0. The number of aliphatic hydroxyl groups is 2. The molecule has 29 heavy (non-hydrogen) atoms. The molecular weight excluding hydrogens is 364 g/mol. The lowest BCUT2D eigenvalue weighted by atomic mass is 9.65. The number of carbonyl (C=O) groups is 1. The number of hydrogen-bond donors (Lipinski definition) is 2. The van der Waals surface area contributed by atoms with Gasteiger partial charge in [0.25, 0.3) is 0 Å². The highest BCUT2D eigenvalue weighted by Gasteiger charge is 2.39. The molecule has 0 saturated heterocycles. The van der Waals surface area contributed by atoms with Gasteiger partial charge in [0.2, 0.25) is 0 Å². The Bertz CT molecular complexity index is 606. The number of cyclic esters (lactones) is 1. The van der Waals surface area contributed by atoms with Crippen LogP contribution < -0.4 is 0 Å². The van der Waals surface area contributed by atoms with E-state index in [0.717, 1.165) is 69.8 Å². The van der Waals surface area contributed by atoms with Crippen molar-refractivity contribution in [2.75, 3.05) is 6.61 Å². The van der Waals surface area contributed by atoms with Gasteiger partial charge in [-0.05, 0) is 93.0 Å². The molecule has 0 bridgehead atoms. The molecule has 3 aliphatic rings. The normalized spacial score (nSPS) is 41.1. The molecule has 2 N–H and O–H groups in total. The number of carbonyl (C=O) groups excluding carboxylic acids is 1. The van der Waals surface area contributed by atoms with Crippen LogP contribution in [0.15, 0.2) is 11.6 Å². The van der Waals surface area contributed by atoms with Crippen molar-refractivity contribution in [3.8, 4) is 0 Å². The van der Waals surface area contributed by atoms with Crippen molar-refractivity contribution in [1.82, 2.24) is 0 Å². The summed E-state index contributed by atoms with van der Waals surface area (Å²) in [4.78, 5) is 11.5. The van der Waals surface area contributed by atoms with Gasteiger partial charge in [-0.2, -0.15) is 0 Å². The van der Waals surface area contributed by atoms with Crippen LogP contribution in [-0.4, -0.2) is 34.5 Å². The Morgan fingerprint density at radius 1 is 1.07 bits per heavy atom. The lowest BCUT2D eigenvalue weighted by Crippen LogP contribution is -2.38. The van der Waals surface area contributed by atoms with E-state index in [1.165, 1.54) is 0 Å². The third-order valence-corrected chi connectivity index (χ3v) is 8.55. The largest absolute Gasteiger partial charge is 0.458 e. The number of ether oxygens (including phenoxy) is 1. The molecule has 2 saturated carbocycles. The lowest BCUT2D eigenvalue weighted by molar-refractivity contribution is -0.135. The van der Waals surface area contributed by atoms with Crippen molar-refractivity contribution in [1.29, 1.82) is 0 Å². The molecule has 0 amide bonds. The molecule has 2 aliphatic carbocycles. The van der Waals surface area contributed by atoms with E-state index in [4.69, 9.17) is 4.74 Å². The van der Waals surface area contributed by atoms with E-state index in [1.807, 2.05) is 6.92 Å². The maximum atomic E-state index is 11.5. The molecule has 2 fully saturated rings. The molecule has 0 aromatic heterocycles. The Morgan fingerprint density at radius 3 is 2.48 bits per heavy atom. The Balaban J connectivity index is 1.64. The van der Waals surface area contributed by atoms with Gasteiger partial charge in [0.1, 0.15) is 6.61 Å². The number of esters is 1. The van der Waals surface area contributed by atoms with Gasteiger partial charge in [-0.15, -0.1) is 0 Å². The number of rotatable bonds is 4. The fourth-order valence-electron chi connectivity index (χ4n) is 6.16. The molecule has 1 heterocycles. The first-order chi connectivity index (χ1) is 13.6. The van der Waals surface area contributed by atoms with E-state index < -0.39 is 5.60 Å². The van der Waals surface area contributed by atoms with Gasteiger partial charge in [0, 0.05) is 6.08 Å². The van der Waals surface area contributed by atoms with E-state index in [1.54, 1.807) is 6.08 Å². The van der Waals surface area contributed by atoms with Gasteiger partial charge in [0.15, 0.2) is 0 Å². The van der Waals surface area contributed by atoms with Crippen LogP contribution in [0.1, 0.15) is 91.9 Å². The zero-order chi connectivity index (χ0) is 21.2. The number of aliphatic hydroxyl groups excluding tert-OH is 1. The van der Waals surface area contributed by atoms with Gasteiger partial charge in [-0.25, -0.2) is 4.79 Å². The summed E-state index contributed by atoms with van der Waals surface area (Å²) in [5.41, 5.74) is 0.726. The first kappa shape index (κ1) is 22.8. The van der Waals surface area contributed by atoms with E-state index >= 15 is 0 Å². The van der Waals surface area contributed by atoms with Gasteiger partial charge in [-0.1, -0.05) is 33.6 Å². The fourth-order valence-corrected chi connectivity index (χ4v) is 6.16. The van der Waals surface area contributed by atoms with E-state index in [2.05, 4.69) is 20.8 Å². The summed E-state index contributed by atoms with van der Waals surface area (Å²) in [7, 11) is 0. The second kappa shape index (κ2) is 9.09. The topological polar surface area (TPSA) is 66.8 Å². The minimum Gasteiger partial charge on any atom is -0.458 e. The summed E-state index contributed by atoms with van der Waals surface area (Å²) < 4.78 is 5.16. The molecule has 0 radical (unpaired) electrons. The van der Waals surface area contributed by atoms with Crippen LogP contribution >= 0.6 is 0 Å². The molecule has 3 rings (SSSR count). The predicted molar refractivity (Wildman–Crippen MR) is 115 cm³/mol. The van der Waals surface area contributed by atoms with Gasteiger partial charge >= 0.3 is 5.97 Å². The van der Waals surface area contributed by atoms with Crippen molar-refractivity contribution in [2.24, 2.45) is 29.1 Å². The molecule has 166 valence electrons. The second-order valence-corrected chi connectivity index (χ2v) is 11.1. The maximum absolute atomic E-state index is 11.5. The molecule has 2 unspecified atom stereocenters. The van der Waals surface area contributed by atoms with Crippen molar-refractivity contribution < 1.29 is 19.7 Å². The average molecular weight is 407 g/mol. The molecule has 0 aromatic carbocycles. The van der Waals surface area contributed by atoms with Crippen LogP contribution in [0, 0.1) is 29.1 Å². The smallest absolute Gasteiger partial charge is 0.331 e. The molecule has 0 aromatic rings. The van der Waals surface area contributed by atoms with Crippen LogP contribution in [0.3, 0.4) is 0 Å². The third-order valence-electron chi connectivity index (χ3n) is 8.55. The van der Waals surface area contributed by atoms with E-state index in [0.29, 0.717) is 30.3 Å². The first-order valence-corrected chi connectivity index (χ1v) is 11.9. The highest BCUT2D eigenvalue weighted by atomic mass is 16.5. The van der Waals surface area contributed by atoms with Crippen molar-refractivity contribution in [3.05, 3.63) is 11.6 Å². The van der Waals surface area contributed by atoms with Crippen molar-refractivity contribution in [3.63, 3.8) is 0 Å². The molecular formula is C25H42O4. The predicted octanol–water partition coefficient (Wildman–Crippen LogP) is 5.02. The van der Waals surface area contributed by atoms with Crippen molar-refractivity contribution in [2.45, 2.75) is 104 Å².